The zero-order valence-corrected chi connectivity index (χ0v) is 12.8. The molecule has 1 rings (SSSR count). The van der Waals surface area contributed by atoms with Gasteiger partial charge in [0.1, 0.15) is 5.60 Å². The number of alkyl carbamates (subject to hydrolysis) is 1. The zero-order valence-electron chi connectivity index (χ0n) is 12.8. The van der Waals surface area contributed by atoms with Gasteiger partial charge in [-0.05, 0) is 39.2 Å². The number of benzene rings is 1. The molecular formula is C16H23NO4. The zero-order chi connectivity index (χ0) is 15.9. The van der Waals surface area contributed by atoms with E-state index in [4.69, 9.17) is 4.74 Å². The first-order valence-electron chi connectivity index (χ1n) is 7.01. The molecule has 0 aliphatic rings. The molecule has 5 heteroatoms. The summed E-state index contributed by atoms with van der Waals surface area (Å²) in [7, 11) is 0. The third-order valence-electron chi connectivity index (χ3n) is 2.84. The van der Waals surface area contributed by atoms with Crippen LogP contribution in [-0.4, -0.2) is 29.3 Å². The average molecular weight is 293 g/mol. The average Bonchev–Trinajstić information content (AvgIpc) is 2.36. The van der Waals surface area contributed by atoms with E-state index in [1.807, 2.05) is 30.3 Å². The van der Waals surface area contributed by atoms with Gasteiger partial charge < -0.3 is 15.2 Å². The normalized spacial score (nSPS) is 12.5. The summed E-state index contributed by atoms with van der Waals surface area (Å²) in [6, 6.07) is 9.46. The predicted octanol–water partition coefficient (Wildman–Crippen LogP) is 2.84. The van der Waals surface area contributed by atoms with Gasteiger partial charge >= 0.3 is 12.1 Å². The number of rotatable bonds is 6. The molecule has 0 fully saturated rings. The molecule has 0 unspecified atom stereocenters. The SMILES string of the molecule is CC(C)(C)OC(=O)NCC[C@H](Cc1ccccc1)C(=O)O. The van der Waals surface area contributed by atoms with Crippen molar-refractivity contribution in [1.29, 1.82) is 0 Å². The Morgan fingerprint density at radius 3 is 2.38 bits per heavy atom. The van der Waals surface area contributed by atoms with Gasteiger partial charge in [-0.25, -0.2) is 4.79 Å². The molecule has 0 aliphatic heterocycles. The maximum absolute atomic E-state index is 11.5. The fourth-order valence-corrected chi connectivity index (χ4v) is 1.87. The number of hydrogen-bond acceptors (Lipinski definition) is 3. The minimum atomic E-state index is -0.857. The molecule has 0 radical (unpaired) electrons. The van der Waals surface area contributed by atoms with Crippen LogP contribution >= 0.6 is 0 Å². The molecule has 0 saturated heterocycles. The van der Waals surface area contributed by atoms with Crippen LogP contribution in [0.3, 0.4) is 0 Å². The minimum absolute atomic E-state index is 0.277. The van der Waals surface area contributed by atoms with Gasteiger partial charge in [-0.1, -0.05) is 30.3 Å². The second-order valence-electron chi connectivity index (χ2n) is 5.94. The van der Waals surface area contributed by atoms with E-state index in [1.165, 1.54) is 0 Å². The van der Waals surface area contributed by atoms with E-state index in [0.29, 0.717) is 12.8 Å². The van der Waals surface area contributed by atoms with E-state index in [0.717, 1.165) is 5.56 Å². The number of aliphatic carboxylic acids is 1. The Labute approximate surface area is 125 Å². The molecule has 0 aromatic heterocycles. The summed E-state index contributed by atoms with van der Waals surface area (Å²) in [4.78, 5) is 22.8. The largest absolute Gasteiger partial charge is 0.481 e. The lowest BCUT2D eigenvalue weighted by atomic mass is 9.96. The Hall–Kier alpha value is -2.04. The fraction of sp³-hybridized carbons (Fsp3) is 0.500. The van der Waals surface area contributed by atoms with Crippen LogP contribution in [0.2, 0.25) is 0 Å². The Morgan fingerprint density at radius 2 is 1.86 bits per heavy atom. The lowest BCUT2D eigenvalue weighted by Crippen LogP contribution is -2.34. The highest BCUT2D eigenvalue weighted by atomic mass is 16.6. The highest BCUT2D eigenvalue weighted by molar-refractivity contribution is 5.71. The van der Waals surface area contributed by atoms with Gasteiger partial charge in [0.25, 0.3) is 0 Å². The number of carbonyl (C=O) groups excluding carboxylic acids is 1. The smallest absolute Gasteiger partial charge is 0.407 e. The number of ether oxygens (including phenoxy) is 1. The van der Waals surface area contributed by atoms with Crippen LogP contribution in [0.1, 0.15) is 32.8 Å². The topological polar surface area (TPSA) is 75.6 Å². The molecule has 0 aliphatic carbocycles. The second kappa shape index (κ2) is 7.67. The van der Waals surface area contributed by atoms with Crippen LogP contribution in [0.4, 0.5) is 4.79 Å². The summed E-state index contributed by atoms with van der Waals surface area (Å²) >= 11 is 0. The van der Waals surface area contributed by atoms with Crippen molar-refractivity contribution in [2.24, 2.45) is 5.92 Å². The third kappa shape index (κ3) is 7.34. The molecule has 0 spiro atoms. The van der Waals surface area contributed by atoms with Crippen LogP contribution in [-0.2, 0) is 16.0 Å². The van der Waals surface area contributed by atoms with E-state index in [1.54, 1.807) is 20.8 Å². The molecule has 0 bridgehead atoms. The summed E-state index contributed by atoms with van der Waals surface area (Å²) in [6.07, 6.45) is 0.293. The summed E-state index contributed by atoms with van der Waals surface area (Å²) in [5, 5.41) is 11.8. The van der Waals surface area contributed by atoms with Gasteiger partial charge in [0, 0.05) is 6.54 Å². The summed E-state index contributed by atoms with van der Waals surface area (Å²) in [6.45, 7) is 5.62. The van der Waals surface area contributed by atoms with Crippen molar-refractivity contribution in [2.45, 2.75) is 39.2 Å². The summed E-state index contributed by atoms with van der Waals surface area (Å²) in [5.74, 6) is -1.38. The molecule has 1 aromatic carbocycles. The second-order valence-corrected chi connectivity index (χ2v) is 5.94. The monoisotopic (exact) mass is 293 g/mol. The molecule has 1 atom stereocenters. The molecule has 21 heavy (non-hydrogen) atoms. The molecular weight excluding hydrogens is 270 g/mol. The highest BCUT2D eigenvalue weighted by Crippen LogP contribution is 2.12. The van der Waals surface area contributed by atoms with E-state index < -0.39 is 23.6 Å². The van der Waals surface area contributed by atoms with Crippen molar-refractivity contribution in [3.8, 4) is 0 Å². The van der Waals surface area contributed by atoms with Crippen molar-refractivity contribution in [2.75, 3.05) is 6.54 Å². The predicted molar refractivity (Wildman–Crippen MR) is 80.1 cm³/mol. The maximum Gasteiger partial charge on any atom is 0.407 e. The Bertz CT molecular complexity index is 465. The van der Waals surface area contributed by atoms with Crippen molar-refractivity contribution < 1.29 is 19.4 Å². The number of carboxylic acid groups (broad SMARTS) is 1. The molecule has 0 saturated carbocycles. The van der Waals surface area contributed by atoms with Gasteiger partial charge in [-0.2, -0.15) is 0 Å². The first kappa shape index (κ1) is 17.0. The molecule has 1 aromatic rings. The Morgan fingerprint density at radius 1 is 1.24 bits per heavy atom. The van der Waals surface area contributed by atoms with Gasteiger partial charge in [-0.3, -0.25) is 4.79 Å². The van der Waals surface area contributed by atoms with Crippen molar-refractivity contribution >= 4 is 12.1 Å². The van der Waals surface area contributed by atoms with Crippen LogP contribution in [0, 0.1) is 5.92 Å². The number of nitrogens with one attached hydrogen (secondary N) is 1. The van der Waals surface area contributed by atoms with Crippen molar-refractivity contribution in [3.63, 3.8) is 0 Å². The number of amides is 1. The number of hydrogen-bond donors (Lipinski definition) is 2. The van der Waals surface area contributed by atoms with Crippen molar-refractivity contribution in [1.82, 2.24) is 5.32 Å². The van der Waals surface area contributed by atoms with Gasteiger partial charge in [0.15, 0.2) is 0 Å². The molecule has 5 nitrogen and oxygen atoms in total. The van der Waals surface area contributed by atoms with Gasteiger partial charge in [0.05, 0.1) is 5.92 Å². The van der Waals surface area contributed by atoms with E-state index in [2.05, 4.69) is 5.32 Å². The van der Waals surface area contributed by atoms with Gasteiger partial charge in [0.2, 0.25) is 0 Å². The molecule has 0 heterocycles. The van der Waals surface area contributed by atoms with E-state index >= 15 is 0 Å². The lowest BCUT2D eigenvalue weighted by Gasteiger charge is -2.20. The maximum atomic E-state index is 11.5. The first-order valence-corrected chi connectivity index (χ1v) is 7.01. The highest BCUT2D eigenvalue weighted by Gasteiger charge is 2.19. The third-order valence-corrected chi connectivity index (χ3v) is 2.84. The van der Waals surface area contributed by atoms with Gasteiger partial charge in [-0.15, -0.1) is 0 Å². The summed E-state index contributed by atoms with van der Waals surface area (Å²) in [5.41, 5.74) is 0.419. The fourth-order valence-electron chi connectivity index (χ4n) is 1.87. The minimum Gasteiger partial charge on any atom is -0.481 e. The Kier molecular flexibility index (Phi) is 6.21. The standard InChI is InChI=1S/C16H23NO4/c1-16(2,3)21-15(20)17-10-9-13(14(18)19)11-12-7-5-4-6-8-12/h4-8,13H,9-11H2,1-3H3,(H,17,20)(H,18,19)/t13-/m1/s1. The molecule has 1 amide bonds. The van der Waals surface area contributed by atoms with Crippen molar-refractivity contribution in [3.05, 3.63) is 35.9 Å². The van der Waals surface area contributed by atoms with Crippen LogP contribution in [0.15, 0.2) is 30.3 Å². The van der Waals surface area contributed by atoms with Crippen LogP contribution in [0.5, 0.6) is 0 Å². The number of carboxylic acids is 1. The van der Waals surface area contributed by atoms with Crippen LogP contribution < -0.4 is 5.32 Å². The molecule has 116 valence electrons. The Balaban J connectivity index is 2.42. The lowest BCUT2D eigenvalue weighted by molar-refractivity contribution is -0.141. The first-order chi connectivity index (χ1) is 9.78. The van der Waals surface area contributed by atoms with Crippen LogP contribution in [0.25, 0.3) is 0 Å². The molecule has 2 N–H and O–H groups in total. The summed E-state index contributed by atoms with van der Waals surface area (Å²) < 4.78 is 5.10. The van der Waals surface area contributed by atoms with E-state index in [9.17, 15) is 14.7 Å². The quantitative estimate of drug-likeness (QED) is 0.845. The number of carbonyl (C=O) groups is 2. The van der Waals surface area contributed by atoms with E-state index in [-0.39, 0.29) is 6.54 Å².